The zero-order valence-electron chi connectivity index (χ0n) is 14.8. The van der Waals surface area contributed by atoms with E-state index in [1.54, 1.807) is 7.11 Å². The minimum Gasteiger partial charge on any atom is -0.497 e. The molecule has 1 aromatic carbocycles. The highest BCUT2D eigenvalue weighted by molar-refractivity contribution is 5.85. The molecule has 1 unspecified atom stereocenters. The van der Waals surface area contributed by atoms with E-state index in [2.05, 4.69) is 4.90 Å². The molecule has 1 aliphatic heterocycles. The van der Waals surface area contributed by atoms with E-state index in [1.165, 1.54) is 0 Å². The summed E-state index contributed by atoms with van der Waals surface area (Å²) >= 11 is 0. The molecule has 1 fully saturated rings. The lowest BCUT2D eigenvalue weighted by molar-refractivity contribution is -0.149. The van der Waals surface area contributed by atoms with Crippen LogP contribution in [0.15, 0.2) is 24.3 Å². The van der Waals surface area contributed by atoms with Crippen LogP contribution in [0.5, 0.6) is 11.5 Å². The molecule has 1 atom stereocenters. The molecule has 0 aliphatic carbocycles. The first-order valence-electron chi connectivity index (χ1n) is 8.46. The maximum atomic E-state index is 11.7. The number of esters is 1. The van der Waals surface area contributed by atoms with Crippen molar-refractivity contribution in [1.82, 2.24) is 4.90 Å². The molecule has 0 radical (unpaired) electrons. The van der Waals surface area contributed by atoms with Crippen LogP contribution in [0.4, 0.5) is 0 Å². The van der Waals surface area contributed by atoms with E-state index >= 15 is 0 Å². The first kappa shape index (κ1) is 21.5. The highest BCUT2D eigenvalue weighted by Crippen LogP contribution is 2.20. The van der Waals surface area contributed by atoms with E-state index in [-0.39, 0.29) is 30.9 Å². The Morgan fingerprint density at radius 1 is 1.24 bits per heavy atom. The van der Waals surface area contributed by atoms with Crippen molar-refractivity contribution in [2.45, 2.75) is 25.9 Å². The van der Waals surface area contributed by atoms with Crippen LogP contribution in [0.1, 0.15) is 19.8 Å². The Morgan fingerprint density at radius 2 is 1.84 bits per heavy atom. The van der Waals surface area contributed by atoms with Crippen LogP contribution in [0.25, 0.3) is 0 Å². The lowest BCUT2D eigenvalue weighted by atomic mass is 9.97. The number of aliphatic hydroxyl groups excluding tert-OH is 1. The third kappa shape index (κ3) is 7.10. The van der Waals surface area contributed by atoms with Crippen LogP contribution in [-0.4, -0.2) is 62.0 Å². The van der Waals surface area contributed by atoms with Gasteiger partial charge in [0.1, 0.15) is 24.2 Å². The number of aliphatic hydroxyl groups is 1. The largest absolute Gasteiger partial charge is 0.497 e. The van der Waals surface area contributed by atoms with Gasteiger partial charge in [0.2, 0.25) is 0 Å². The Balaban J connectivity index is 0.00000312. The number of hydrogen-bond donors (Lipinski definition) is 1. The van der Waals surface area contributed by atoms with Gasteiger partial charge in [-0.05, 0) is 57.1 Å². The Bertz CT molecular complexity index is 503. The van der Waals surface area contributed by atoms with Crippen LogP contribution in [0.2, 0.25) is 0 Å². The average Bonchev–Trinajstić information content (AvgIpc) is 2.61. The van der Waals surface area contributed by atoms with Gasteiger partial charge < -0.3 is 24.2 Å². The van der Waals surface area contributed by atoms with Crippen LogP contribution in [0, 0.1) is 5.92 Å². The molecule has 25 heavy (non-hydrogen) atoms. The highest BCUT2D eigenvalue weighted by Gasteiger charge is 2.26. The second kappa shape index (κ2) is 11.2. The Labute approximate surface area is 155 Å². The number of likely N-dealkylation sites (tertiary alicyclic amines) is 1. The van der Waals surface area contributed by atoms with Gasteiger partial charge in [-0.3, -0.25) is 4.79 Å². The Hall–Kier alpha value is -1.50. The number of carbonyl (C=O) groups excluding carboxylic acids is 1. The topological polar surface area (TPSA) is 68.2 Å². The molecule has 6 nitrogen and oxygen atoms in total. The predicted molar refractivity (Wildman–Crippen MR) is 97.5 cm³/mol. The number of ether oxygens (including phenoxy) is 3. The SMILES string of the molecule is CCOC(=O)C1CCN(CC(O)COc2ccc(OC)cc2)CC1.Cl. The van der Waals surface area contributed by atoms with E-state index in [1.807, 2.05) is 31.2 Å². The number of carbonyl (C=O) groups is 1. The van der Waals surface area contributed by atoms with Crippen LogP contribution in [0.3, 0.4) is 0 Å². The van der Waals surface area contributed by atoms with Crippen molar-refractivity contribution in [2.75, 3.05) is 40.0 Å². The quantitative estimate of drug-likeness (QED) is 0.704. The van der Waals surface area contributed by atoms with E-state index in [0.717, 1.165) is 31.7 Å². The molecule has 0 bridgehead atoms. The molecule has 142 valence electrons. The molecule has 1 heterocycles. The van der Waals surface area contributed by atoms with Crippen molar-refractivity contribution in [3.63, 3.8) is 0 Å². The Morgan fingerprint density at radius 3 is 2.40 bits per heavy atom. The van der Waals surface area contributed by atoms with Crippen molar-refractivity contribution in [2.24, 2.45) is 5.92 Å². The average molecular weight is 374 g/mol. The van der Waals surface area contributed by atoms with E-state index in [0.29, 0.717) is 18.9 Å². The van der Waals surface area contributed by atoms with Gasteiger partial charge in [0.25, 0.3) is 0 Å². The predicted octanol–water partition coefficient (Wildman–Crippen LogP) is 2.13. The fourth-order valence-electron chi connectivity index (χ4n) is 2.83. The third-order valence-electron chi connectivity index (χ3n) is 4.18. The van der Waals surface area contributed by atoms with Gasteiger partial charge in [-0.1, -0.05) is 0 Å². The standard InChI is InChI=1S/C18H27NO5.ClH/c1-3-23-18(21)14-8-10-19(11-9-14)12-15(20)13-24-17-6-4-16(22-2)5-7-17;/h4-7,14-15,20H,3,8-13H2,1-2H3;1H. The van der Waals surface area contributed by atoms with Crippen molar-refractivity contribution in [3.8, 4) is 11.5 Å². The molecule has 0 amide bonds. The van der Waals surface area contributed by atoms with Crippen LogP contribution >= 0.6 is 12.4 Å². The summed E-state index contributed by atoms with van der Waals surface area (Å²) in [5.41, 5.74) is 0. The van der Waals surface area contributed by atoms with E-state index < -0.39 is 6.10 Å². The van der Waals surface area contributed by atoms with E-state index in [4.69, 9.17) is 14.2 Å². The molecule has 1 N–H and O–H groups in total. The zero-order chi connectivity index (χ0) is 17.4. The normalized spacial score (nSPS) is 16.6. The van der Waals surface area contributed by atoms with Gasteiger partial charge in [0, 0.05) is 6.54 Å². The first-order valence-corrected chi connectivity index (χ1v) is 8.46. The fourth-order valence-corrected chi connectivity index (χ4v) is 2.83. The summed E-state index contributed by atoms with van der Waals surface area (Å²) in [6.07, 6.45) is 1.00. The maximum Gasteiger partial charge on any atom is 0.309 e. The van der Waals surface area contributed by atoms with Gasteiger partial charge in [-0.25, -0.2) is 0 Å². The molecule has 0 spiro atoms. The molecule has 1 aromatic rings. The van der Waals surface area contributed by atoms with Crippen molar-refractivity contribution < 1.29 is 24.1 Å². The second-order valence-corrected chi connectivity index (χ2v) is 5.97. The molecular weight excluding hydrogens is 346 g/mol. The third-order valence-corrected chi connectivity index (χ3v) is 4.18. The van der Waals surface area contributed by atoms with Gasteiger partial charge >= 0.3 is 5.97 Å². The maximum absolute atomic E-state index is 11.7. The number of nitrogens with zero attached hydrogens (tertiary/aromatic N) is 1. The minimum absolute atomic E-state index is 0. The number of halogens is 1. The highest BCUT2D eigenvalue weighted by atomic mass is 35.5. The molecular formula is C18H28ClNO5. The number of β-amino-alcohol motifs (C(OH)–C–C–N with tert-alkyl or cyclic N) is 1. The number of hydrogen-bond acceptors (Lipinski definition) is 6. The number of piperidine rings is 1. The summed E-state index contributed by atoms with van der Waals surface area (Å²) in [6.45, 7) is 4.63. The minimum atomic E-state index is -0.564. The number of benzene rings is 1. The summed E-state index contributed by atoms with van der Waals surface area (Å²) in [6, 6.07) is 7.27. The fraction of sp³-hybridized carbons (Fsp3) is 0.611. The van der Waals surface area contributed by atoms with E-state index in [9.17, 15) is 9.90 Å². The molecule has 1 aliphatic rings. The summed E-state index contributed by atoms with van der Waals surface area (Å²) in [4.78, 5) is 13.9. The summed E-state index contributed by atoms with van der Waals surface area (Å²) in [7, 11) is 1.62. The molecule has 0 saturated carbocycles. The summed E-state index contributed by atoms with van der Waals surface area (Å²) in [5, 5.41) is 10.1. The van der Waals surface area contributed by atoms with Crippen molar-refractivity contribution >= 4 is 18.4 Å². The second-order valence-electron chi connectivity index (χ2n) is 5.97. The lowest BCUT2D eigenvalue weighted by Gasteiger charge is -2.32. The molecule has 2 rings (SSSR count). The van der Waals surface area contributed by atoms with Crippen molar-refractivity contribution in [3.05, 3.63) is 24.3 Å². The zero-order valence-corrected chi connectivity index (χ0v) is 15.7. The lowest BCUT2D eigenvalue weighted by Crippen LogP contribution is -2.42. The summed E-state index contributed by atoms with van der Waals surface area (Å²) < 4.78 is 15.8. The van der Waals surface area contributed by atoms with Gasteiger partial charge in [0.05, 0.1) is 19.6 Å². The van der Waals surface area contributed by atoms with Crippen LogP contribution < -0.4 is 9.47 Å². The van der Waals surface area contributed by atoms with Crippen LogP contribution in [-0.2, 0) is 9.53 Å². The first-order chi connectivity index (χ1) is 11.6. The van der Waals surface area contributed by atoms with Gasteiger partial charge in [0.15, 0.2) is 0 Å². The molecule has 7 heteroatoms. The Kier molecular flexibility index (Phi) is 9.63. The van der Waals surface area contributed by atoms with Gasteiger partial charge in [-0.15, -0.1) is 12.4 Å². The molecule has 0 aromatic heterocycles. The van der Waals surface area contributed by atoms with Crippen molar-refractivity contribution in [1.29, 1.82) is 0 Å². The number of rotatable bonds is 8. The summed E-state index contributed by atoms with van der Waals surface area (Å²) in [5.74, 6) is 1.37. The molecule has 1 saturated heterocycles. The number of methoxy groups -OCH3 is 1. The smallest absolute Gasteiger partial charge is 0.309 e. The monoisotopic (exact) mass is 373 g/mol. The van der Waals surface area contributed by atoms with Gasteiger partial charge in [-0.2, -0.15) is 0 Å².